The average molecular weight is 419 g/mol. The summed E-state index contributed by atoms with van der Waals surface area (Å²) in [6.07, 6.45) is -0.289. The first-order valence-corrected chi connectivity index (χ1v) is 10.1. The van der Waals surface area contributed by atoms with Gasteiger partial charge in [0, 0.05) is 29.4 Å². The Bertz CT molecular complexity index is 1070. The van der Waals surface area contributed by atoms with Crippen molar-refractivity contribution in [2.75, 3.05) is 0 Å². The second kappa shape index (κ2) is 8.70. The number of nitrogens with one attached hydrogen (secondary N) is 2. The topological polar surface area (TPSA) is 144 Å². The highest BCUT2D eigenvalue weighted by atomic mass is 16.5. The summed E-state index contributed by atoms with van der Waals surface area (Å²) >= 11 is 0. The number of nitrogens with zero attached hydrogens (tertiary/aromatic N) is 2. The fraction of sp³-hybridized carbons (Fsp3) is 0.435. The lowest BCUT2D eigenvalue weighted by Crippen LogP contribution is -2.54. The van der Waals surface area contributed by atoms with E-state index in [-0.39, 0.29) is 36.6 Å². The molecular weight excluding hydrogens is 394 g/mol. The van der Waals surface area contributed by atoms with E-state index in [0.717, 1.165) is 5.56 Å². The number of hydrazine groups is 1. The maximum absolute atomic E-state index is 10.7. The van der Waals surface area contributed by atoms with Gasteiger partial charge in [-0.2, -0.15) is 10.5 Å². The lowest BCUT2D eigenvalue weighted by molar-refractivity contribution is -0.136. The molecule has 5 N–H and O–H groups in total. The van der Waals surface area contributed by atoms with E-state index in [0.29, 0.717) is 16.7 Å². The Kier molecular flexibility index (Phi) is 6.22. The van der Waals surface area contributed by atoms with E-state index in [2.05, 4.69) is 34.8 Å². The predicted octanol–water partition coefficient (Wildman–Crippen LogP) is 1.83. The summed E-state index contributed by atoms with van der Waals surface area (Å²) in [7, 11) is 0. The van der Waals surface area contributed by atoms with Crippen LogP contribution < -0.4 is 16.6 Å². The first kappa shape index (κ1) is 22.2. The smallest absolute Gasteiger partial charge is 0.304 e. The quantitative estimate of drug-likeness (QED) is 0.541. The predicted molar refractivity (Wildman–Crippen MR) is 112 cm³/mol. The molecule has 4 atom stereocenters. The summed E-state index contributed by atoms with van der Waals surface area (Å²) in [6, 6.07) is 9.71. The molecule has 4 unspecified atom stereocenters. The molecule has 0 aliphatic carbocycles. The summed E-state index contributed by atoms with van der Waals surface area (Å²) in [5.41, 5.74) is 13.8. The van der Waals surface area contributed by atoms with E-state index in [1.807, 2.05) is 26.8 Å². The summed E-state index contributed by atoms with van der Waals surface area (Å²) in [6.45, 7) is 6.06. The largest absolute Gasteiger partial charge is 0.481 e. The van der Waals surface area contributed by atoms with Crippen LogP contribution in [0.5, 0.6) is 0 Å². The number of carboxylic acid groups (broad SMARTS) is 1. The molecule has 2 aliphatic heterocycles. The second-order valence-corrected chi connectivity index (χ2v) is 8.12. The van der Waals surface area contributed by atoms with Crippen LogP contribution >= 0.6 is 0 Å². The van der Waals surface area contributed by atoms with E-state index in [9.17, 15) is 15.3 Å². The van der Waals surface area contributed by atoms with Gasteiger partial charge in [0.1, 0.15) is 11.6 Å². The number of ether oxygens (including phenoxy) is 1. The van der Waals surface area contributed by atoms with Gasteiger partial charge in [-0.05, 0) is 36.6 Å². The number of nitriles is 2. The summed E-state index contributed by atoms with van der Waals surface area (Å²) in [4.78, 5) is 10.7. The lowest BCUT2D eigenvalue weighted by atomic mass is 9.56. The molecule has 0 bridgehead atoms. The number of carbonyl (C=O) groups is 1. The van der Waals surface area contributed by atoms with Gasteiger partial charge in [0.05, 0.1) is 18.1 Å². The van der Waals surface area contributed by atoms with Crippen molar-refractivity contribution in [2.24, 2.45) is 17.6 Å². The van der Waals surface area contributed by atoms with Gasteiger partial charge in [0.15, 0.2) is 6.23 Å². The molecule has 0 aromatic heterocycles. The molecule has 8 heteroatoms. The van der Waals surface area contributed by atoms with Crippen LogP contribution in [-0.2, 0) is 14.9 Å². The summed E-state index contributed by atoms with van der Waals surface area (Å²) < 4.78 is 5.81. The van der Waals surface area contributed by atoms with E-state index in [4.69, 9.17) is 15.6 Å². The molecule has 2 heterocycles. The first-order chi connectivity index (χ1) is 14.7. The molecule has 160 valence electrons. The number of carboxylic acids is 1. The van der Waals surface area contributed by atoms with Crippen LogP contribution in [0.15, 0.2) is 29.7 Å². The number of hydrogen-bond donors (Lipinski definition) is 4. The van der Waals surface area contributed by atoms with Gasteiger partial charge in [0.25, 0.3) is 0 Å². The van der Waals surface area contributed by atoms with E-state index < -0.39 is 17.6 Å². The minimum Gasteiger partial charge on any atom is -0.481 e. The van der Waals surface area contributed by atoms with Crippen molar-refractivity contribution in [3.05, 3.63) is 46.3 Å². The molecule has 1 fully saturated rings. The zero-order valence-corrected chi connectivity index (χ0v) is 17.7. The van der Waals surface area contributed by atoms with Crippen molar-refractivity contribution in [2.45, 2.75) is 51.3 Å². The summed E-state index contributed by atoms with van der Waals surface area (Å²) in [5, 5.41) is 28.5. The number of benzene rings is 1. The number of nitrogens with two attached hydrogens (primary N) is 1. The monoisotopic (exact) mass is 419 g/mol. The Morgan fingerprint density at radius 1 is 1.26 bits per heavy atom. The molecule has 2 aliphatic rings. The zero-order valence-electron chi connectivity index (χ0n) is 17.7. The van der Waals surface area contributed by atoms with Gasteiger partial charge in [-0.15, -0.1) is 0 Å². The molecule has 0 spiro atoms. The van der Waals surface area contributed by atoms with E-state index in [1.165, 1.54) is 0 Å². The van der Waals surface area contributed by atoms with Gasteiger partial charge >= 0.3 is 5.97 Å². The first-order valence-electron chi connectivity index (χ1n) is 10.1. The van der Waals surface area contributed by atoms with Crippen LogP contribution in [-0.4, -0.2) is 23.3 Å². The summed E-state index contributed by atoms with van der Waals surface area (Å²) in [5.74, 6) is 4.75. The van der Waals surface area contributed by atoms with Gasteiger partial charge in [0.2, 0.25) is 5.88 Å². The maximum atomic E-state index is 10.7. The molecule has 1 aromatic rings. The van der Waals surface area contributed by atoms with Crippen molar-refractivity contribution in [3.63, 3.8) is 0 Å². The highest BCUT2D eigenvalue weighted by Gasteiger charge is 2.58. The highest BCUT2D eigenvalue weighted by molar-refractivity contribution is 5.67. The normalized spacial score (nSPS) is 26.8. The molecule has 31 heavy (non-hydrogen) atoms. The highest BCUT2D eigenvalue weighted by Crippen LogP contribution is 2.52. The Labute approximate surface area is 181 Å². The SMILES string of the molecule is CC1NNC2OC(N)=C(C#N)C(c3cc(C#N)cc(C#CCCC(=O)O)c3)(C(C)C)C12. The Hall–Kier alpha value is -3.51. The fourth-order valence-corrected chi connectivity index (χ4v) is 4.79. The van der Waals surface area contributed by atoms with Crippen molar-refractivity contribution < 1.29 is 14.6 Å². The minimum atomic E-state index is -0.915. The Balaban J connectivity index is 2.23. The number of rotatable bonds is 4. The van der Waals surface area contributed by atoms with Crippen molar-refractivity contribution in [3.8, 4) is 24.0 Å². The molecule has 1 saturated heterocycles. The maximum Gasteiger partial charge on any atom is 0.304 e. The Morgan fingerprint density at radius 2 is 1.97 bits per heavy atom. The van der Waals surface area contributed by atoms with Gasteiger partial charge < -0.3 is 15.6 Å². The van der Waals surface area contributed by atoms with Gasteiger partial charge in [-0.3, -0.25) is 10.2 Å². The fourth-order valence-electron chi connectivity index (χ4n) is 4.79. The molecule has 0 saturated carbocycles. The van der Waals surface area contributed by atoms with Crippen LogP contribution in [0.2, 0.25) is 0 Å². The van der Waals surface area contributed by atoms with Crippen molar-refractivity contribution in [1.29, 1.82) is 10.5 Å². The van der Waals surface area contributed by atoms with E-state index >= 15 is 0 Å². The van der Waals surface area contributed by atoms with Crippen molar-refractivity contribution in [1.82, 2.24) is 10.9 Å². The molecule has 0 amide bonds. The van der Waals surface area contributed by atoms with Gasteiger partial charge in [-0.1, -0.05) is 25.7 Å². The third-order valence-corrected chi connectivity index (χ3v) is 6.02. The van der Waals surface area contributed by atoms with Gasteiger partial charge in [-0.25, -0.2) is 5.43 Å². The van der Waals surface area contributed by atoms with E-state index in [1.54, 1.807) is 12.1 Å². The third kappa shape index (κ3) is 3.82. The molecule has 1 aromatic carbocycles. The standard InChI is InChI=1S/C23H25N5O3/c1-13(2)23(18(12-25)21(26)31-22-20(23)14(3)27-28-22)17-9-15(8-16(10-17)11-24)6-4-5-7-19(29)30/h8-10,13-14,20,22,27-28H,5,7,26H2,1-3H3,(H,29,30). The van der Waals surface area contributed by atoms with Crippen LogP contribution in [0.4, 0.5) is 0 Å². The molecule has 3 rings (SSSR count). The number of allylic oxidation sites excluding steroid dienone is 1. The number of fused-ring (bicyclic) bond motifs is 1. The molecular formula is C23H25N5O3. The lowest BCUT2D eigenvalue weighted by Gasteiger charge is -2.48. The van der Waals surface area contributed by atoms with Crippen LogP contribution in [0, 0.1) is 46.3 Å². The zero-order chi connectivity index (χ0) is 22.8. The molecule has 8 nitrogen and oxygen atoms in total. The average Bonchev–Trinajstić information content (AvgIpc) is 3.09. The van der Waals surface area contributed by atoms with Crippen LogP contribution in [0.1, 0.15) is 50.3 Å². The molecule has 0 radical (unpaired) electrons. The van der Waals surface area contributed by atoms with Crippen LogP contribution in [0.25, 0.3) is 0 Å². The second-order valence-electron chi connectivity index (χ2n) is 8.12. The number of aliphatic carboxylic acids is 1. The Morgan fingerprint density at radius 3 is 2.58 bits per heavy atom. The minimum absolute atomic E-state index is 0.0420. The van der Waals surface area contributed by atoms with Crippen LogP contribution in [0.3, 0.4) is 0 Å². The third-order valence-electron chi connectivity index (χ3n) is 6.02. The number of hydrogen-bond acceptors (Lipinski definition) is 7. The van der Waals surface area contributed by atoms with Crippen molar-refractivity contribution >= 4 is 5.97 Å².